The summed E-state index contributed by atoms with van der Waals surface area (Å²) >= 11 is 1.25. The molecule has 19 heavy (non-hydrogen) atoms. The van der Waals surface area contributed by atoms with E-state index in [2.05, 4.69) is 10.3 Å². The van der Waals surface area contributed by atoms with Crippen LogP contribution in [0.3, 0.4) is 0 Å². The number of aliphatic carboxylic acids is 1. The van der Waals surface area contributed by atoms with Gasteiger partial charge < -0.3 is 15.2 Å². The van der Waals surface area contributed by atoms with E-state index in [0.717, 1.165) is 19.3 Å². The van der Waals surface area contributed by atoms with Gasteiger partial charge in [0.05, 0.1) is 30.2 Å². The van der Waals surface area contributed by atoms with E-state index >= 15 is 0 Å². The molecule has 3 atom stereocenters. The average Bonchev–Trinajstić information content (AvgIpc) is 3.04. The second kappa shape index (κ2) is 4.90. The lowest BCUT2D eigenvalue weighted by atomic mass is 9.89. The molecule has 102 valence electrons. The highest BCUT2D eigenvalue weighted by Gasteiger charge is 2.44. The van der Waals surface area contributed by atoms with Gasteiger partial charge in [-0.15, -0.1) is 11.3 Å². The molecule has 0 aliphatic carbocycles. The molecule has 2 aliphatic heterocycles. The van der Waals surface area contributed by atoms with Gasteiger partial charge in [0.2, 0.25) is 5.91 Å². The van der Waals surface area contributed by atoms with Crippen LogP contribution in [0.2, 0.25) is 0 Å². The molecule has 2 aliphatic rings. The minimum Gasteiger partial charge on any atom is -0.481 e. The number of rotatable bonds is 4. The van der Waals surface area contributed by atoms with E-state index in [4.69, 9.17) is 9.84 Å². The molecule has 3 unspecified atom stereocenters. The predicted molar refractivity (Wildman–Crippen MR) is 68.1 cm³/mol. The van der Waals surface area contributed by atoms with E-state index in [-0.39, 0.29) is 30.5 Å². The number of amides is 1. The second-order valence-corrected chi connectivity index (χ2v) is 5.78. The quantitative estimate of drug-likeness (QED) is 0.868. The van der Waals surface area contributed by atoms with Crippen LogP contribution in [0, 0.1) is 5.92 Å². The highest BCUT2D eigenvalue weighted by atomic mass is 32.1. The lowest BCUT2D eigenvalue weighted by Crippen LogP contribution is -2.30. The number of carbonyl (C=O) groups is 2. The molecule has 2 N–H and O–H groups in total. The molecule has 2 fully saturated rings. The van der Waals surface area contributed by atoms with Crippen LogP contribution in [-0.4, -0.2) is 34.2 Å². The zero-order valence-electron chi connectivity index (χ0n) is 10.2. The van der Waals surface area contributed by atoms with Gasteiger partial charge in [0.15, 0.2) is 5.13 Å². The van der Waals surface area contributed by atoms with Gasteiger partial charge in [-0.25, -0.2) is 4.98 Å². The third-order valence-corrected chi connectivity index (χ3v) is 4.36. The average molecular weight is 282 g/mol. The summed E-state index contributed by atoms with van der Waals surface area (Å²) in [6, 6.07) is 0. The summed E-state index contributed by atoms with van der Waals surface area (Å²) in [5.41, 5.74) is 0.469. The molecule has 7 heteroatoms. The number of ether oxygens (including phenoxy) is 1. The van der Waals surface area contributed by atoms with Crippen LogP contribution < -0.4 is 5.32 Å². The van der Waals surface area contributed by atoms with Crippen molar-refractivity contribution in [1.29, 1.82) is 0 Å². The Morgan fingerprint density at radius 2 is 2.37 bits per heavy atom. The highest BCUT2D eigenvalue weighted by molar-refractivity contribution is 7.13. The van der Waals surface area contributed by atoms with Gasteiger partial charge in [-0.05, 0) is 19.3 Å². The first-order chi connectivity index (χ1) is 9.11. The SMILES string of the molecule is O=C(O)Cc1csc(NC(=O)C2CC3CCC2O3)n1. The molecule has 1 aromatic heterocycles. The zero-order chi connectivity index (χ0) is 13.4. The molecule has 2 saturated heterocycles. The van der Waals surface area contributed by atoms with Crippen LogP contribution in [-0.2, 0) is 20.7 Å². The lowest BCUT2D eigenvalue weighted by Gasteiger charge is -2.16. The van der Waals surface area contributed by atoms with Crippen molar-refractivity contribution >= 4 is 28.3 Å². The Morgan fingerprint density at radius 1 is 1.53 bits per heavy atom. The van der Waals surface area contributed by atoms with Crippen LogP contribution in [0.5, 0.6) is 0 Å². The van der Waals surface area contributed by atoms with E-state index in [1.807, 2.05) is 0 Å². The molecule has 1 aromatic rings. The number of anilines is 1. The summed E-state index contributed by atoms with van der Waals surface area (Å²) in [5, 5.41) is 13.5. The van der Waals surface area contributed by atoms with Gasteiger partial charge in [-0.3, -0.25) is 9.59 Å². The third kappa shape index (κ3) is 2.62. The smallest absolute Gasteiger partial charge is 0.309 e. The summed E-state index contributed by atoms with van der Waals surface area (Å²) in [4.78, 5) is 26.7. The van der Waals surface area contributed by atoms with Crippen molar-refractivity contribution in [3.05, 3.63) is 11.1 Å². The number of nitrogens with zero attached hydrogens (tertiary/aromatic N) is 1. The highest BCUT2D eigenvalue weighted by Crippen LogP contribution is 2.39. The molecular formula is C12H14N2O4S. The molecule has 2 bridgehead atoms. The molecule has 3 heterocycles. The van der Waals surface area contributed by atoms with E-state index in [1.165, 1.54) is 11.3 Å². The van der Waals surface area contributed by atoms with Gasteiger partial charge in [0.25, 0.3) is 0 Å². The number of aromatic nitrogens is 1. The van der Waals surface area contributed by atoms with Gasteiger partial charge in [-0.2, -0.15) is 0 Å². The number of hydrogen-bond acceptors (Lipinski definition) is 5. The lowest BCUT2D eigenvalue weighted by molar-refractivity contribution is -0.136. The minimum atomic E-state index is -0.926. The van der Waals surface area contributed by atoms with Crippen molar-refractivity contribution in [2.24, 2.45) is 5.92 Å². The van der Waals surface area contributed by atoms with Crippen LogP contribution in [0.4, 0.5) is 5.13 Å². The van der Waals surface area contributed by atoms with Crippen LogP contribution in [0.1, 0.15) is 25.0 Å². The molecular weight excluding hydrogens is 268 g/mol. The van der Waals surface area contributed by atoms with Crippen molar-refractivity contribution in [3.63, 3.8) is 0 Å². The Labute approximate surface area is 113 Å². The van der Waals surface area contributed by atoms with Crippen molar-refractivity contribution in [3.8, 4) is 0 Å². The number of carbonyl (C=O) groups excluding carboxylic acids is 1. The van der Waals surface area contributed by atoms with Crippen molar-refractivity contribution in [1.82, 2.24) is 4.98 Å². The fourth-order valence-corrected chi connectivity index (χ4v) is 3.43. The van der Waals surface area contributed by atoms with Gasteiger partial charge in [0, 0.05) is 5.38 Å². The standard InChI is InChI=1S/C12H14N2O4S/c15-10(16)3-6-5-19-12(13-6)14-11(17)8-4-7-1-2-9(8)18-7/h5,7-9H,1-4H2,(H,15,16)(H,13,14,17). The van der Waals surface area contributed by atoms with E-state index in [0.29, 0.717) is 10.8 Å². The molecule has 1 amide bonds. The summed E-state index contributed by atoms with van der Waals surface area (Å²) < 4.78 is 5.65. The summed E-state index contributed by atoms with van der Waals surface area (Å²) in [6.45, 7) is 0. The number of fused-ring (bicyclic) bond motifs is 2. The van der Waals surface area contributed by atoms with Crippen LogP contribution >= 0.6 is 11.3 Å². The zero-order valence-corrected chi connectivity index (χ0v) is 11.0. The van der Waals surface area contributed by atoms with Crippen molar-refractivity contribution < 1.29 is 19.4 Å². The number of hydrogen-bond donors (Lipinski definition) is 2. The maximum Gasteiger partial charge on any atom is 0.309 e. The van der Waals surface area contributed by atoms with Crippen molar-refractivity contribution in [2.45, 2.75) is 37.9 Å². The number of nitrogens with one attached hydrogen (secondary N) is 1. The predicted octanol–water partition coefficient (Wildman–Crippen LogP) is 1.28. The van der Waals surface area contributed by atoms with Crippen LogP contribution in [0.15, 0.2) is 5.38 Å². The van der Waals surface area contributed by atoms with E-state index < -0.39 is 5.97 Å². The van der Waals surface area contributed by atoms with Crippen LogP contribution in [0.25, 0.3) is 0 Å². The first-order valence-corrected chi connectivity index (χ1v) is 7.12. The number of carboxylic acids is 1. The number of carboxylic acid groups (broad SMARTS) is 1. The molecule has 0 spiro atoms. The van der Waals surface area contributed by atoms with E-state index in [1.54, 1.807) is 5.38 Å². The Hall–Kier alpha value is -1.47. The molecule has 0 radical (unpaired) electrons. The first-order valence-electron chi connectivity index (χ1n) is 6.24. The Morgan fingerprint density at radius 3 is 3.00 bits per heavy atom. The number of thiazole rings is 1. The van der Waals surface area contributed by atoms with E-state index in [9.17, 15) is 9.59 Å². The summed E-state index contributed by atoms with van der Waals surface area (Å²) in [6.07, 6.45) is 2.94. The normalized spacial score (nSPS) is 28.5. The minimum absolute atomic E-state index is 0.0449. The third-order valence-electron chi connectivity index (χ3n) is 3.56. The Balaban J connectivity index is 1.60. The topological polar surface area (TPSA) is 88.5 Å². The molecule has 3 rings (SSSR count). The molecule has 0 saturated carbocycles. The largest absolute Gasteiger partial charge is 0.481 e. The Kier molecular flexibility index (Phi) is 3.24. The fourth-order valence-electron chi connectivity index (χ4n) is 2.71. The monoisotopic (exact) mass is 282 g/mol. The van der Waals surface area contributed by atoms with Crippen molar-refractivity contribution in [2.75, 3.05) is 5.32 Å². The first kappa shape index (κ1) is 12.6. The maximum absolute atomic E-state index is 12.1. The van der Waals surface area contributed by atoms with Gasteiger partial charge in [0.1, 0.15) is 0 Å². The fraction of sp³-hybridized carbons (Fsp3) is 0.583. The summed E-state index contributed by atoms with van der Waals surface area (Å²) in [7, 11) is 0. The maximum atomic E-state index is 12.1. The van der Waals surface area contributed by atoms with Gasteiger partial charge >= 0.3 is 5.97 Å². The molecule has 0 aromatic carbocycles. The summed E-state index contributed by atoms with van der Waals surface area (Å²) in [5.74, 6) is -1.08. The Bertz CT molecular complexity index is 516. The van der Waals surface area contributed by atoms with Gasteiger partial charge in [-0.1, -0.05) is 0 Å². The second-order valence-electron chi connectivity index (χ2n) is 4.92. The molecule has 6 nitrogen and oxygen atoms in total.